The van der Waals surface area contributed by atoms with Crippen molar-refractivity contribution in [3.8, 4) is 0 Å². The molecule has 2 aliphatic rings. The number of quaternary nitrogens is 1. The third-order valence-corrected chi connectivity index (χ3v) is 5.90. The lowest BCUT2D eigenvalue weighted by molar-refractivity contribution is -0.902. The second-order valence-electron chi connectivity index (χ2n) is 8.12. The van der Waals surface area contributed by atoms with E-state index < -0.39 is 0 Å². The largest absolute Gasteiger partial charge is 0.344 e. The van der Waals surface area contributed by atoms with Crippen LogP contribution in [0.4, 0.5) is 0 Å². The van der Waals surface area contributed by atoms with E-state index in [0.717, 1.165) is 64.3 Å². The molecular weight excluding hydrogens is 302 g/mol. The maximum absolute atomic E-state index is 12.9. The van der Waals surface area contributed by atoms with Crippen LogP contribution in [0.15, 0.2) is 0 Å². The van der Waals surface area contributed by atoms with E-state index in [1.165, 1.54) is 0 Å². The lowest BCUT2D eigenvalue weighted by atomic mass is 9.82. The molecule has 0 aromatic rings. The van der Waals surface area contributed by atoms with Crippen LogP contribution in [0.5, 0.6) is 0 Å². The van der Waals surface area contributed by atoms with Crippen LogP contribution in [-0.2, 0) is 9.59 Å². The molecule has 2 amide bonds. The summed E-state index contributed by atoms with van der Waals surface area (Å²) >= 11 is 0. The number of likely N-dealkylation sites (N-methyl/N-ethyl adjacent to an activating group) is 1. The highest BCUT2D eigenvalue weighted by Crippen LogP contribution is 2.28. The van der Waals surface area contributed by atoms with Gasteiger partial charge in [-0.25, -0.2) is 0 Å². The smallest absolute Gasteiger partial charge is 0.245 e. The Bertz CT molecular complexity index is 422. The molecule has 0 bridgehead atoms. The minimum Gasteiger partial charge on any atom is -0.344 e. The predicted molar refractivity (Wildman–Crippen MR) is 95.7 cm³/mol. The van der Waals surface area contributed by atoms with Crippen LogP contribution in [0.25, 0.3) is 0 Å². The topological polar surface area (TPSA) is 53.9 Å². The van der Waals surface area contributed by atoms with Crippen molar-refractivity contribution in [2.24, 2.45) is 17.8 Å². The highest BCUT2D eigenvalue weighted by Gasteiger charge is 2.33. The number of carbonyl (C=O) groups excluding carboxylic acids is 2. The van der Waals surface area contributed by atoms with Crippen molar-refractivity contribution in [3.63, 3.8) is 0 Å². The fourth-order valence-corrected chi connectivity index (χ4v) is 3.90. The fraction of sp³-hybridized carbons (Fsp3) is 0.895. The summed E-state index contributed by atoms with van der Waals surface area (Å²) in [5, 5.41) is 3.09. The first-order chi connectivity index (χ1) is 11.4. The summed E-state index contributed by atoms with van der Waals surface area (Å²) in [7, 11) is 0. The Morgan fingerprint density at radius 1 is 1.12 bits per heavy atom. The first-order valence-corrected chi connectivity index (χ1v) is 9.85. The van der Waals surface area contributed by atoms with E-state index in [1.807, 2.05) is 18.7 Å². The van der Waals surface area contributed by atoms with Crippen molar-refractivity contribution in [2.75, 3.05) is 32.7 Å². The standard InChI is InChI=1S/C19H35N3O2/c1-5-21-10-12-22(13-11-21)19(24)17(14(2)3)20-18(23)16-8-6-15(4)7-9-16/h14-17H,5-13H2,1-4H3,(H,20,23)/p+1/t15?,16?,17-/m1/s1. The number of hydrogen-bond acceptors (Lipinski definition) is 2. The summed E-state index contributed by atoms with van der Waals surface area (Å²) in [6.07, 6.45) is 4.18. The van der Waals surface area contributed by atoms with Crippen molar-refractivity contribution in [1.82, 2.24) is 10.2 Å². The lowest BCUT2D eigenvalue weighted by Crippen LogP contribution is -3.14. The molecule has 2 N–H and O–H groups in total. The molecule has 1 heterocycles. The predicted octanol–water partition coefficient (Wildman–Crippen LogP) is 0.701. The van der Waals surface area contributed by atoms with E-state index in [2.05, 4.69) is 19.2 Å². The van der Waals surface area contributed by atoms with Crippen molar-refractivity contribution in [3.05, 3.63) is 0 Å². The van der Waals surface area contributed by atoms with Crippen LogP contribution in [0.1, 0.15) is 53.4 Å². The molecule has 1 aliphatic heterocycles. The van der Waals surface area contributed by atoms with Crippen LogP contribution in [-0.4, -0.2) is 55.5 Å². The van der Waals surface area contributed by atoms with Gasteiger partial charge in [-0.3, -0.25) is 9.59 Å². The molecular formula is C19H36N3O2+. The van der Waals surface area contributed by atoms with E-state index >= 15 is 0 Å². The van der Waals surface area contributed by atoms with E-state index in [0.29, 0.717) is 0 Å². The second-order valence-corrected chi connectivity index (χ2v) is 8.12. The summed E-state index contributed by atoms with van der Waals surface area (Å²) in [6.45, 7) is 13.3. The van der Waals surface area contributed by atoms with E-state index in [9.17, 15) is 9.59 Å². The minimum atomic E-state index is -0.375. The van der Waals surface area contributed by atoms with Gasteiger partial charge in [0.05, 0.1) is 32.7 Å². The molecule has 0 unspecified atom stereocenters. The average molecular weight is 339 g/mol. The van der Waals surface area contributed by atoms with Crippen LogP contribution in [0.3, 0.4) is 0 Å². The molecule has 1 aliphatic carbocycles. The Hall–Kier alpha value is -1.10. The monoisotopic (exact) mass is 338 g/mol. The molecule has 24 heavy (non-hydrogen) atoms. The van der Waals surface area contributed by atoms with Crippen molar-refractivity contribution < 1.29 is 14.5 Å². The number of nitrogens with one attached hydrogen (secondary N) is 2. The quantitative estimate of drug-likeness (QED) is 0.775. The van der Waals surface area contributed by atoms with Crippen LogP contribution in [0, 0.1) is 17.8 Å². The van der Waals surface area contributed by atoms with Gasteiger partial charge in [-0.1, -0.05) is 20.8 Å². The van der Waals surface area contributed by atoms with Gasteiger partial charge < -0.3 is 15.1 Å². The number of nitrogens with zero attached hydrogens (tertiary/aromatic N) is 1. The van der Waals surface area contributed by atoms with Gasteiger partial charge in [-0.05, 0) is 44.4 Å². The van der Waals surface area contributed by atoms with Gasteiger partial charge in [-0.2, -0.15) is 0 Å². The van der Waals surface area contributed by atoms with Gasteiger partial charge >= 0.3 is 0 Å². The Morgan fingerprint density at radius 3 is 2.21 bits per heavy atom. The average Bonchev–Trinajstić information content (AvgIpc) is 2.59. The van der Waals surface area contributed by atoms with Gasteiger partial charge in [0.25, 0.3) is 0 Å². The highest BCUT2D eigenvalue weighted by atomic mass is 16.2. The van der Waals surface area contributed by atoms with Crippen molar-refractivity contribution >= 4 is 11.8 Å². The Kier molecular flexibility index (Phi) is 7.08. The SMILES string of the molecule is CC[NH+]1CCN(C(=O)[C@H](NC(=O)C2CCC(C)CC2)C(C)C)CC1. The third-order valence-electron chi connectivity index (χ3n) is 5.90. The minimum absolute atomic E-state index is 0.0896. The zero-order valence-corrected chi connectivity index (χ0v) is 15.9. The summed E-state index contributed by atoms with van der Waals surface area (Å²) in [5.74, 6) is 1.15. The zero-order valence-electron chi connectivity index (χ0n) is 15.9. The summed E-state index contributed by atoms with van der Waals surface area (Å²) in [4.78, 5) is 29.0. The van der Waals surface area contributed by atoms with Gasteiger partial charge in [0.1, 0.15) is 6.04 Å². The molecule has 0 radical (unpaired) electrons. The first-order valence-electron chi connectivity index (χ1n) is 9.85. The van der Waals surface area contributed by atoms with E-state index in [1.54, 1.807) is 4.90 Å². The fourth-order valence-electron chi connectivity index (χ4n) is 3.90. The molecule has 1 saturated heterocycles. The van der Waals surface area contributed by atoms with Gasteiger partial charge in [0, 0.05) is 5.92 Å². The molecule has 5 nitrogen and oxygen atoms in total. The molecule has 0 spiro atoms. The molecule has 1 saturated carbocycles. The first kappa shape index (κ1) is 19.2. The maximum atomic E-state index is 12.9. The highest BCUT2D eigenvalue weighted by molar-refractivity contribution is 5.88. The van der Waals surface area contributed by atoms with Gasteiger partial charge in [0.2, 0.25) is 11.8 Å². The Morgan fingerprint density at radius 2 is 1.71 bits per heavy atom. The lowest BCUT2D eigenvalue weighted by Gasteiger charge is -2.35. The zero-order chi connectivity index (χ0) is 17.7. The van der Waals surface area contributed by atoms with Crippen molar-refractivity contribution in [1.29, 1.82) is 0 Å². The summed E-state index contributed by atoms with van der Waals surface area (Å²) < 4.78 is 0. The van der Waals surface area contributed by atoms with Crippen molar-refractivity contribution in [2.45, 2.75) is 59.4 Å². The number of rotatable bonds is 5. The number of hydrogen-bond donors (Lipinski definition) is 2. The number of amides is 2. The van der Waals surface area contributed by atoms with Crippen LogP contribution >= 0.6 is 0 Å². The Balaban J connectivity index is 1.91. The molecule has 2 fully saturated rings. The molecule has 2 rings (SSSR count). The number of carbonyl (C=O) groups is 2. The van der Waals surface area contributed by atoms with Gasteiger partial charge in [-0.15, -0.1) is 0 Å². The molecule has 138 valence electrons. The summed E-state index contributed by atoms with van der Waals surface area (Å²) in [5.41, 5.74) is 0. The summed E-state index contributed by atoms with van der Waals surface area (Å²) in [6, 6.07) is -0.375. The van der Waals surface area contributed by atoms with Crippen LogP contribution < -0.4 is 10.2 Å². The molecule has 1 atom stereocenters. The third kappa shape index (κ3) is 4.95. The molecule has 0 aromatic carbocycles. The molecule has 5 heteroatoms. The maximum Gasteiger partial charge on any atom is 0.245 e. The van der Waals surface area contributed by atoms with E-state index in [4.69, 9.17) is 0 Å². The van der Waals surface area contributed by atoms with Gasteiger partial charge in [0.15, 0.2) is 0 Å². The molecule has 0 aromatic heterocycles. The normalized spacial score (nSPS) is 27.1. The second kappa shape index (κ2) is 8.84. The van der Waals surface area contributed by atoms with Crippen LogP contribution in [0.2, 0.25) is 0 Å². The Labute approximate surface area is 147 Å². The van der Waals surface area contributed by atoms with E-state index in [-0.39, 0.29) is 29.7 Å². The number of piperazine rings is 1.